The number of carbonyl (C=O) groups excluding carboxylic acids is 2. The fourth-order valence-corrected chi connectivity index (χ4v) is 1.08. The Bertz CT molecular complexity index is 336. The quantitative estimate of drug-likeness (QED) is 0.332. The summed E-state index contributed by atoms with van der Waals surface area (Å²) in [4.78, 5) is 21.6. The number of halogens is 1. The van der Waals surface area contributed by atoms with Crippen LogP contribution < -0.4 is 4.74 Å². The third kappa shape index (κ3) is 2.85. The summed E-state index contributed by atoms with van der Waals surface area (Å²) >= 11 is 5.37. The number of para-hydroxylation sites is 1. The van der Waals surface area contributed by atoms with Gasteiger partial charge in [-0.2, -0.15) is 0 Å². The van der Waals surface area contributed by atoms with E-state index in [4.69, 9.17) is 16.3 Å². The lowest BCUT2D eigenvalue weighted by atomic mass is 10.2. The Balaban J connectivity index is 2.75. The first-order valence-corrected chi connectivity index (χ1v) is 4.62. The Labute approximate surface area is 86.6 Å². The molecule has 4 heteroatoms. The van der Waals surface area contributed by atoms with E-state index in [0.717, 1.165) is 0 Å². The van der Waals surface area contributed by atoms with Gasteiger partial charge in [-0.3, -0.25) is 9.59 Å². The SMILES string of the molecule is O=Cc1ccccc1OC(=O)CCCl. The van der Waals surface area contributed by atoms with Gasteiger partial charge in [0.2, 0.25) is 0 Å². The Morgan fingerprint density at radius 3 is 2.79 bits per heavy atom. The van der Waals surface area contributed by atoms with Crippen LogP contribution in [0.25, 0.3) is 0 Å². The van der Waals surface area contributed by atoms with Crippen molar-refractivity contribution in [3.05, 3.63) is 29.8 Å². The lowest BCUT2D eigenvalue weighted by molar-refractivity contribution is -0.133. The average molecular weight is 213 g/mol. The van der Waals surface area contributed by atoms with E-state index in [9.17, 15) is 9.59 Å². The minimum atomic E-state index is -0.436. The normalized spacial score (nSPS) is 9.50. The van der Waals surface area contributed by atoms with Crippen molar-refractivity contribution in [2.75, 3.05) is 5.88 Å². The second kappa shape index (κ2) is 5.40. The highest BCUT2D eigenvalue weighted by molar-refractivity contribution is 6.18. The molecule has 0 saturated heterocycles. The third-order valence-electron chi connectivity index (χ3n) is 1.57. The van der Waals surface area contributed by atoms with Gasteiger partial charge < -0.3 is 4.74 Å². The Morgan fingerprint density at radius 2 is 2.14 bits per heavy atom. The molecule has 0 atom stereocenters. The van der Waals surface area contributed by atoms with Gasteiger partial charge in [0.1, 0.15) is 5.75 Å². The molecule has 0 saturated carbocycles. The number of hydrogen-bond acceptors (Lipinski definition) is 3. The first kappa shape index (κ1) is 10.7. The maximum absolute atomic E-state index is 11.1. The van der Waals surface area contributed by atoms with Crippen molar-refractivity contribution < 1.29 is 14.3 Å². The van der Waals surface area contributed by atoms with Gasteiger partial charge in [0.15, 0.2) is 6.29 Å². The van der Waals surface area contributed by atoms with E-state index in [1.165, 1.54) is 0 Å². The smallest absolute Gasteiger partial charge is 0.312 e. The molecule has 0 radical (unpaired) electrons. The van der Waals surface area contributed by atoms with Crippen LogP contribution in [-0.4, -0.2) is 18.1 Å². The number of aldehydes is 1. The van der Waals surface area contributed by atoms with Gasteiger partial charge in [-0.1, -0.05) is 12.1 Å². The third-order valence-corrected chi connectivity index (χ3v) is 1.76. The van der Waals surface area contributed by atoms with Crippen LogP contribution in [0.5, 0.6) is 5.75 Å². The maximum Gasteiger partial charge on any atom is 0.312 e. The zero-order valence-corrected chi connectivity index (χ0v) is 8.16. The summed E-state index contributed by atoms with van der Waals surface area (Å²) in [6.45, 7) is 0. The number of benzene rings is 1. The summed E-state index contributed by atoms with van der Waals surface area (Å²) < 4.78 is 4.92. The van der Waals surface area contributed by atoms with Crippen molar-refractivity contribution in [3.8, 4) is 5.75 Å². The summed E-state index contributed by atoms with van der Waals surface area (Å²) in [5.41, 5.74) is 0.357. The molecule has 0 amide bonds. The molecule has 0 aromatic heterocycles. The molecule has 0 aliphatic heterocycles. The van der Waals surface area contributed by atoms with Gasteiger partial charge in [0, 0.05) is 5.88 Å². The van der Waals surface area contributed by atoms with Crippen molar-refractivity contribution in [2.24, 2.45) is 0 Å². The lowest BCUT2D eigenvalue weighted by Gasteiger charge is -2.04. The summed E-state index contributed by atoms with van der Waals surface area (Å²) in [7, 11) is 0. The van der Waals surface area contributed by atoms with Crippen molar-refractivity contribution in [2.45, 2.75) is 6.42 Å². The zero-order chi connectivity index (χ0) is 10.4. The van der Waals surface area contributed by atoms with Crippen LogP contribution in [0.4, 0.5) is 0 Å². The molecular weight excluding hydrogens is 204 g/mol. The lowest BCUT2D eigenvalue weighted by Crippen LogP contribution is -2.09. The summed E-state index contributed by atoms with van der Waals surface area (Å²) in [6.07, 6.45) is 0.776. The predicted octanol–water partition coefficient (Wildman–Crippen LogP) is 2.03. The zero-order valence-electron chi connectivity index (χ0n) is 7.40. The summed E-state index contributed by atoms with van der Waals surface area (Å²) in [5, 5.41) is 0. The number of rotatable bonds is 4. The second-order valence-electron chi connectivity index (χ2n) is 2.57. The predicted molar refractivity (Wildman–Crippen MR) is 52.8 cm³/mol. The standard InChI is InChI=1S/C10H9ClO3/c11-6-5-10(13)14-9-4-2-1-3-8(9)7-12/h1-4,7H,5-6H2. The summed E-state index contributed by atoms with van der Waals surface area (Å²) in [5.74, 6) is 0.0501. The van der Waals surface area contributed by atoms with Crippen molar-refractivity contribution in [1.82, 2.24) is 0 Å². The van der Waals surface area contributed by atoms with E-state index >= 15 is 0 Å². The Kier molecular flexibility index (Phi) is 4.13. The average Bonchev–Trinajstić information content (AvgIpc) is 2.19. The molecule has 14 heavy (non-hydrogen) atoms. The highest BCUT2D eigenvalue weighted by atomic mass is 35.5. The number of alkyl halides is 1. The van der Waals surface area contributed by atoms with Crippen LogP contribution in [0.1, 0.15) is 16.8 Å². The number of carbonyl (C=O) groups is 2. The van der Waals surface area contributed by atoms with Crippen molar-refractivity contribution in [1.29, 1.82) is 0 Å². The van der Waals surface area contributed by atoms with E-state index < -0.39 is 5.97 Å². The van der Waals surface area contributed by atoms with Gasteiger partial charge >= 0.3 is 5.97 Å². The molecular formula is C10H9ClO3. The van der Waals surface area contributed by atoms with Gasteiger partial charge in [-0.15, -0.1) is 11.6 Å². The van der Waals surface area contributed by atoms with Crippen LogP contribution in [0.15, 0.2) is 24.3 Å². The maximum atomic E-state index is 11.1. The molecule has 1 aromatic rings. The van der Waals surface area contributed by atoms with Gasteiger partial charge in [-0.05, 0) is 12.1 Å². The first-order chi connectivity index (χ1) is 6.77. The second-order valence-corrected chi connectivity index (χ2v) is 2.95. The van der Waals surface area contributed by atoms with E-state index in [1.807, 2.05) is 0 Å². The first-order valence-electron chi connectivity index (χ1n) is 4.08. The van der Waals surface area contributed by atoms with Gasteiger partial charge in [0.05, 0.1) is 12.0 Å². The number of esters is 1. The topological polar surface area (TPSA) is 43.4 Å². The summed E-state index contributed by atoms with van der Waals surface area (Å²) in [6, 6.07) is 6.53. The van der Waals surface area contributed by atoms with Crippen molar-refractivity contribution >= 4 is 23.9 Å². The number of ether oxygens (including phenoxy) is 1. The van der Waals surface area contributed by atoms with Crippen LogP contribution in [0.2, 0.25) is 0 Å². The highest BCUT2D eigenvalue weighted by Crippen LogP contribution is 2.16. The molecule has 74 valence electrons. The molecule has 3 nitrogen and oxygen atoms in total. The highest BCUT2D eigenvalue weighted by Gasteiger charge is 2.07. The van der Waals surface area contributed by atoms with Gasteiger partial charge in [-0.25, -0.2) is 0 Å². The molecule has 1 aromatic carbocycles. The van der Waals surface area contributed by atoms with E-state index in [0.29, 0.717) is 11.8 Å². The molecule has 0 N–H and O–H groups in total. The van der Waals surface area contributed by atoms with Crippen LogP contribution in [-0.2, 0) is 4.79 Å². The Hall–Kier alpha value is -1.35. The van der Waals surface area contributed by atoms with E-state index in [1.54, 1.807) is 24.3 Å². The monoisotopic (exact) mass is 212 g/mol. The van der Waals surface area contributed by atoms with Crippen LogP contribution in [0.3, 0.4) is 0 Å². The minimum absolute atomic E-state index is 0.134. The molecule has 0 aliphatic carbocycles. The molecule has 0 fully saturated rings. The fourth-order valence-electron chi connectivity index (χ4n) is 0.922. The van der Waals surface area contributed by atoms with E-state index in [2.05, 4.69) is 0 Å². The number of hydrogen-bond donors (Lipinski definition) is 0. The fraction of sp³-hybridized carbons (Fsp3) is 0.200. The molecule has 0 bridgehead atoms. The molecule has 0 spiro atoms. The molecule has 1 rings (SSSR count). The molecule has 0 unspecified atom stereocenters. The largest absolute Gasteiger partial charge is 0.426 e. The van der Waals surface area contributed by atoms with Crippen LogP contribution >= 0.6 is 11.6 Å². The molecule has 0 aliphatic rings. The minimum Gasteiger partial charge on any atom is -0.426 e. The van der Waals surface area contributed by atoms with Crippen molar-refractivity contribution in [3.63, 3.8) is 0 Å². The van der Waals surface area contributed by atoms with E-state index in [-0.39, 0.29) is 18.1 Å². The molecule has 0 heterocycles. The van der Waals surface area contributed by atoms with Crippen LogP contribution in [0, 0.1) is 0 Å². The Morgan fingerprint density at radius 1 is 1.43 bits per heavy atom. The van der Waals surface area contributed by atoms with Gasteiger partial charge in [0.25, 0.3) is 0 Å².